The van der Waals surface area contributed by atoms with Crippen LogP contribution < -0.4 is 9.62 Å². The lowest BCUT2D eigenvalue weighted by molar-refractivity contribution is -0.188. The van der Waals surface area contributed by atoms with Gasteiger partial charge in [0.2, 0.25) is 0 Å². The molecule has 208 valence electrons. The van der Waals surface area contributed by atoms with Crippen LogP contribution in [-0.2, 0) is 42.9 Å². The summed E-state index contributed by atoms with van der Waals surface area (Å²) in [6, 6.07) is -2.37. The van der Waals surface area contributed by atoms with Crippen LogP contribution in [0.2, 0.25) is 0 Å². The normalized spacial score (nSPS) is 21.7. The van der Waals surface area contributed by atoms with Crippen LogP contribution in [0, 0.1) is 5.21 Å². The highest BCUT2D eigenvalue weighted by Gasteiger charge is 2.48. The molecule has 2 aliphatic carbocycles. The van der Waals surface area contributed by atoms with Crippen molar-refractivity contribution in [1.29, 1.82) is 0 Å². The first-order valence-electron chi connectivity index (χ1n) is 12.6. The number of urea groups is 1. The van der Waals surface area contributed by atoms with Gasteiger partial charge in [-0.3, -0.25) is 14.1 Å². The van der Waals surface area contributed by atoms with E-state index in [9.17, 15) is 31.6 Å². The van der Waals surface area contributed by atoms with Crippen LogP contribution in [0.1, 0.15) is 47.9 Å². The number of benzene rings is 1. The van der Waals surface area contributed by atoms with Crippen molar-refractivity contribution in [3.63, 3.8) is 0 Å². The van der Waals surface area contributed by atoms with E-state index in [4.69, 9.17) is 0 Å². The van der Waals surface area contributed by atoms with Gasteiger partial charge in [-0.25, -0.2) is 9.10 Å². The second kappa shape index (κ2) is 9.72. The summed E-state index contributed by atoms with van der Waals surface area (Å²) in [4.78, 5) is 14.3. The highest BCUT2D eigenvalue weighted by atomic mass is 32.2. The average molecular weight is 556 g/mol. The summed E-state index contributed by atoms with van der Waals surface area (Å²) in [5, 5.41) is 19.7. The number of hydroxylamine groups is 1. The molecule has 2 atom stereocenters. The van der Waals surface area contributed by atoms with Gasteiger partial charge in [-0.1, -0.05) is 6.07 Å². The second-order valence-electron chi connectivity index (χ2n) is 10.3. The Morgan fingerprint density at radius 1 is 1.13 bits per heavy atom. The van der Waals surface area contributed by atoms with Crippen LogP contribution >= 0.6 is 0 Å². The van der Waals surface area contributed by atoms with Gasteiger partial charge in [-0.05, 0) is 80.7 Å². The van der Waals surface area contributed by atoms with Crippen LogP contribution in [0.3, 0.4) is 0 Å². The van der Waals surface area contributed by atoms with Crippen molar-refractivity contribution in [3.05, 3.63) is 45.9 Å². The number of carbonyl (C=O) groups is 1. The Labute approximate surface area is 219 Å². The number of rotatable bonds is 5. The molecule has 0 radical (unpaired) electrons. The molecule has 0 saturated carbocycles. The molecule has 2 heterocycles. The first-order valence-corrected chi connectivity index (χ1v) is 14.0. The van der Waals surface area contributed by atoms with Gasteiger partial charge in [0, 0.05) is 31.5 Å². The summed E-state index contributed by atoms with van der Waals surface area (Å²) in [5.41, 5.74) is 4.41. The highest BCUT2D eigenvalue weighted by molar-refractivity contribution is 7.91. The third-order valence-corrected chi connectivity index (χ3v) is 9.42. The minimum Gasteiger partial charge on any atom is -0.740 e. The molecule has 1 aromatic carbocycles. The molecule has 3 aliphatic rings. The molecular weight excluding hydrogens is 525 g/mol. The molecule has 1 fully saturated rings. The van der Waals surface area contributed by atoms with Gasteiger partial charge in [0.15, 0.2) is 0 Å². The highest BCUT2D eigenvalue weighted by Crippen LogP contribution is 2.39. The fourth-order valence-corrected chi connectivity index (χ4v) is 7.36. The van der Waals surface area contributed by atoms with Crippen molar-refractivity contribution >= 4 is 27.6 Å². The Morgan fingerprint density at radius 2 is 1.76 bits per heavy atom. The maximum absolute atomic E-state index is 13.7. The summed E-state index contributed by atoms with van der Waals surface area (Å²) >= 11 is 0. The number of nitrogens with one attached hydrogen (secondary N) is 1. The van der Waals surface area contributed by atoms with E-state index < -0.39 is 45.4 Å². The van der Waals surface area contributed by atoms with E-state index in [0.717, 1.165) is 59.0 Å². The summed E-state index contributed by atoms with van der Waals surface area (Å²) < 4.78 is 69.7. The summed E-state index contributed by atoms with van der Waals surface area (Å²) in [6.07, 6.45) is 2.18. The third kappa shape index (κ3) is 4.73. The van der Waals surface area contributed by atoms with Gasteiger partial charge in [-0.15, -0.1) is 0 Å². The molecule has 1 aromatic heterocycles. The first-order chi connectivity index (χ1) is 17.9. The van der Waals surface area contributed by atoms with Crippen LogP contribution in [0.25, 0.3) is 0 Å². The van der Waals surface area contributed by atoms with Crippen LogP contribution in [0.5, 0.6) is 0 Å². The average Bonchev–Trinajstić information content (AvgIpc) is 3.60. The van der Waals surface area contributed by atoms with E-state index >= 15 is 0 Å². The number of nitrogens with zero attached hydrogens (tertiary/aromatic N) is 5. The van der Waals surface area contributed by atoms with Crippen molar-refractivity contribution in [2.24, 2.45) is 7.05 Å². The second-order valence-corrected chi connectivity index (χ2v) is 11.9. The van der Waals surface area contributed by atoms with Gasteiger partial charge in [0.1, 0.15) is 6.04 Å². The van der Waals surface area contributed by atoms with E-state index in [1.54, 1.807) is 0 Å². The SMILES string of the molecule is CN1CCC(N(c2cnn(C)c2)S(=O)(=O)N([O-])C(=O)Nc2c3c(cc4c2CCC4)CCC3)CC1C(F)(F)F. The Kier molecular flexibility index (Phi) is 6.84. The molecule has 0 spiro atoms. The number of piperidine rings is 1. The molecule has 2 amide bonds. The number of likely N-dealkylation sites (tertiary alicyclic amines) is 1. The molecule has 5 rings (SSSR count). The zero-order valence-electron chi connectivity index (χ0n) is 21.2. The Morgan fingerprint density at radius 3 is 2.32 bits per heavy atom. The largest absolute Gasteiger partial charge is 0.740 e. The maximum atomic E-state index is 13.7. The molecule has 1 saturated heterocycles. The standard InChI is InChI=1S/C24H30F3N6O4S/c1-30-10-9-17(12-21(30)24(25,26)27)32(18-13-28-31(2)14-18)38(36,37)33(35)23(34)29-22-19-7-3-5-15(19)11-16-6-4-8-20(16)22/h11,13-14,17,21H,3-10,12H2,1-2H3,(H,29,34)/q-1. The lowest BCUT2D eigenvalue weighted by Crippen LogP contribution is -2.57. The van der Waals surface area contributed by atoms with E-state index in [-0.39, 0.29) is 18.7 Å². The summed E-state index contributed by atoms with van der Waals surface area (Å²) in [6.45, 7) is -0.0472. The van der Waals surface area contributed by atoms with Gasteiger partial charge in [-0.2, -0.15) is 26.7 Å². The topological polar surface area (TPSA) is 114 Å². The number of fused-ring (bicyclic) bond motifs is 2. The number of halogens is 3. The number of aryl methyl sites for hydroxylation is 3. The Bertz CT molecular complexity index is 1310. The predicted molar refractivity (Wildman–Crippen MR) is 135 cm³/mol. The molecule has 2 unspecified atom stereocenters. The zero-order chi connectivity index (χ0) is 27.4. The maximum Gasteiger partial charge on any atom is 0.404 e. The lowest BCUT2D eigenvalue weighted by Gasteiger charge is -2.44. The number of hydrogen-bond acceptors (Lipinski definition) is 6. The van der Waals surface area contributed by atoms with Crippen molar-refractivity contribution in [3.8, 4) is 0 Å². The van der Waals surface area contributed by atoms with Crippen LogP contribution in [0.15, 0.2) is 18.5 Å². The van der Waals surface area contributed by atoms with E-state index in [0.29, 0.717) is 22.8 Å². The van der Waals surface area contributed by atoms with Gasteiger partial charge >= 0.3 is 22.4 Å². The molecule has 10 nitrogen and oxygen atoms in total. The Hall–Kier alpha value is -2.84. The lowest BCUT2D eigenvalue weighted by atomic mass is 9.97. The Balaban J connectivity index is 1.46. The molecule has 0 bridgehead atoms. The van der Waals surface area contributed by atoms with E-state index in [1.807, 2.05) is 0 Å². The number of hydrogen-bond donors (Lipinski definition) is 1. The van der Waals surface area contributed by atoms with E-state index in [1.165, 1.54) is 25.0 Å². The predicted octanol–water partition coefficient (Wildman–Crippen LogP) is 3.51. The summed E-state index contributed by atoms with van der Waals surface area (Å²) in [5.74, 6) is 0. The minimum absolute atomic E-state index is 0.0341. The fraction of sp³-hybridized carbons (Fsp3) is 0.583. The monoisotopic (exact) mass is 555 g/mol. The van der Waals surface area contributed by atoms with Gasteiger partial charge in [0.05, 0.1) is 11.9 Å². The molecule has 1 aliphatic heterocycles. The molecular formula is C24H30F3N6O4S-. The van der Waals surface area contributed by atoms with E-state index in [2.05, 4.69) is 16.5 Å². The van der Waals surface area contributed by atoms with Crippen LogP contribution in [0.4, 0.5) is 29.3 Å². The zero-order valence-corrected chi connectivity index (χ0v) is 22.0. The quantitative estimate of drug-likeness (QED) is 0.565. The van der Waals surface area contributed by atoms with Crippen molar-refractivity contribution in [1.82, 2.24) is 19.1 Å². The number of amides is 2. The van der Waals surface area contributed by atoms with Crippen molar-refractivity contribution in [2.75, 3.05) is 23.2 Å². The fourth-order valence-electron chi connectivity index (χ4n) is 6.02. The van der Waals surface area contributed by atoms with Crippen molar-refractivity contribution in [2.45, 2.75) is 69.6 Å². The van der Waals surface area contributed by atoms with Crippen molar-refractivity contribution < 1.29 is 26.4 Å². The van der Waals surface area contributed by atoms with Crippen LogP contribution in [-0.4, -0.2) is 65.5 Å². The molecule has 1 N–H and O–H groups in total. The molecule has 2 aromatic rings. The minimum atomic E-state index is -5.11. The number of carbonyl (C=O) groups excluding carboxylic acids is 1. The first kappa shape index (κ1) is 26.8. The third-order valence-electron chi connectivity index (χ3n) is 7.83. The van der Waals surface area contributed by atoms with Gasteiger partial charge < -0.3 is 10.5 Å². The smallest absolute Gasteiger partial charge is 0.404 e. The van der Waals surface area contributed by atoms with Gasteiger partial charge in [0.25, 0.3) is 0 Å². The molecule has 14 heteroatoms. The molecule has 38 heavy (non-hydrogen) atoms. The number of anilines is 2. The number of alkyl halides is 3. The number of aromatic nitrogens is 2. The summed E-state index contributed by atoms with van der Waals surface area (Å²) in [7, 11) is -2.28.